The Morgan fingerprint density at radius 2 is 1.93 bits per heavy atom. The fraction of sp³-hybridized carbons (Fsp3) is 0.387. The van der Waals surface area contributed by atoms with Crippen molar-refractivity contribution in [3.63, 3.8) is 0 Å². The minimum absolute atomic E-state index is 0.0967. The quantitative estimate of drug-likeness (QED) is 0.390. The molecule has 10 nitrogen and oxygen atoms in total. The second-order valence-corrected chi connectivity index (χ2v) is 10.8. The summed E-state index contributed by atoms with van der Waals surface area (Å²) in [4.78, 5) is 37.5. The third kappa shape index (κ3) is 6.10. The van der Waals surface area contributed by atoms with Crippen molar-refractivity contribution in [3.05, 3.63) is 71.7 Å². The Labute approximate surface area is 252 Å². The number of halogens is 3. The first-order chi connectivity index (χ1) is 21.1. The van der Waals surface area contributed by atoms with Crippen molar-refractivity contribution in [2.24, 2.45) is 0 Å². The smallest absolute Gasteiger partial charge is 0.416 e. The highest BCUT2D eigenvalue weighted by Gasteiger charge is 2.46. The van der Waals surface area contributed by atoms with Crippen molar-refractivity contribution < 1.29 is 32.6 Å². The maximum atomic E-state index is 14.0. The molecule has 2 N–H and O–H groups in total. The number of benzene rings is 1. The number of carbonyl (C=O) groups excluding carboxylic acids is 1. The van der Waals surface area contributed by atoms with Crippen LogP contribution in [-0.2, 0) is 16.4 Å². The van der Waals surface area contributed by atoms with Gasteiger partial charge in [0.25, 0.3) is 0 Å². The van der Waals surface area contributed by atoms with Crippen LogP contribution in [0.1, 0.15) is 43.0 Å². The molecule has 0 spiro atoms. The molecular formula is C31H31F3N6O4. The van der Waals surface area contributed by atoms with Crippen molar-refractivity contribution >= 4 is 17.7 Å². The second kappa shape index (κ2) is 12.4. The zero-order valence-electron chi connectivity index (χ0n) is 24.0. The predicted molar refractivity (Wildman–Crippen MR) is 154 cm³/mol. The van der Waals surface area contributed by atoms with E-state index in [9.17, 15) is 33.1 Å². The molecule has 2 aliphatic heterocycles. The number of pyridine rings is 2. The van der Waals surface area contributed by atoms with E-state index in [4.69, 9.17) is 9.72 Å². The van der Waals surface area contributed by atoms with Crippen LogP contribution < -0.4 is 15.0 Å². The molecule has 1 atom stereocenters. The molecule has 0 unspecified atom stereocenters. The number of nitriles is 1. The van der Waals surface area contributed by atoms with Crippen LogP contribution in [0.25, 0.3) is 11.1 Å². The summed E-state index contributed by atoms with van der Waals surface area (Å²) in [6, 6.07) is 11.9. The minimum Gasteiger partial charge on any atom is -0.478 e. The molecule has 4 heterocycles. The van der Waals surface area contributed by atoms with E-state index >= 15 is 0 Å². The molecular weight excluding hydrogens is 577 g/mol. The molecule has 0 aliphatic carbocycles. The van der Waals surface area contributed by atoms with Crippen molar-refractivity contribution in [3.8, 4) is 23.1 Å². The number of hydrogen-bond donors (Lipinski definition) is 2. The third-order valence-electron chi connectivity index (χ3n) is 8.25. The average Bonchev–Trinajstić information content (AvgIpc) is 3.50. The van der Waals surface area contributed by atoms with Crippen LogP contribution in [0.4, 0.5) is 23.7 Å². The van der Waals surface area contributed by atoms with Crippen molar-refractivity contribution in [1.82, 2.24) is 20.2 Å². The molecule has 0 bridgehead atoms. The number of nitrogens with one attached hydrogen (secondary N) is 1. The van der Waals surface area contributed by atoms with Crippen molar-refractivity contribution in [2.75, 3.05) is 37.7 Å². The molecule has 3 aromatic rings. The Morgan fingerprint density at radius 1 is 1.16 bits per heavy atom. The van der Waals surface area contributed by atoms with E-state index < -0.39 is 23.2 Å². The lowest BCUT2D eigenvalue weighted by Gasteiger charge is -2.42. The Hall–Kier alpha value is -4.86. The summed E-state index contributed by atoms with van der Waals surface area (Å²) in [6.07, 6.45) is -1.33. The molecule has 5 rings (SSSR count). The average molecular weight is 609 g/mol. The van der Waals surface area contributed by atoms with E-state index in [-0.39, 0.29) is 50.0 Å². The van der Waals surface area contributed by atoms with E-state index in [1.807, 2.05) is 30.0 Å². The van der Waals surface area contributed by atoms with Gasteiger partial charge in [-0.1, -0.05) is 6.07 Å². The normalized spacial score (nSPS) is 18.0. The molecule has 2 aliphatic rings. The van der Waals surface area contributed by atoms with Crippen LogP contribution in [-0.4, -0.2) is 70.8 Å². The number of hydrogen-bond acceptors (Lipinski definition) is 7. The van der Waals surface area contributed by atoms with Crippen molar-refractivity contribution in [2.45, 2.75) is 43.8 Å². The topological polar surface area (TPSA) is 132 Å². The van der Waals surface area contributed by atoms with Gasteiger partial charge < -0.3 is 25.0 Å². The van der Waals surface area contributed by atoms with Gasteiger partial charge in [0, 0.05) is 55.7 Å². The molecule has 230 valence electrons. The maximum absolute atomic E-state index is 14.0. The Morgan fingerprint density at radius 3 is 2.55 bits per heavy atom. The molecule has 0 radical (unpaired) electrons. The summed E-state index contributed by atoms with van der Waals surface area (Å²) in [5, 5.41) is 22.0. The van der Waals surface area contributed by atoms with Gasteiger partial charge in [-0.3, -0.25) is 9.78 Å². The summed E-state index contributed by atoms with van der Waals surface area (Å²) in [5.74, 6) is 0.165. The number of likely N-dealkylation sites (tertiary alicyclic amines) is 1. The van der Waals surface area contributed by atoms with Crippen LogP contribution in [0.15, 0.2) is 54.9 Å². The molecule has 2 aromatic heterocycles. The van der Waals surface area contributed by atoms with Crippen LogP contribution >= 0.6 is 0 Å². The van der Waals surface area contributed by atoms with Gasteiger partial charge in [0.15, 0.2) is 0 Å². The molecule has 13 heteroatoms. The zero-order chi connectivity index (χ0) is 31.5. The van der Waals surface area contributed by atoms with Crippen LogP contribution in [0.2, 0.25) is 0 Å². The lowest BCUT2D eigenvalue weighted by atomic mass is 9.74. The van der Waals surface area contributed by atoms with E-state index in [2.05, 4.69) is 10.3 Å². The van der Waals surface area contributed by atoms with Gasteiger partial charge in [-0.05, 0) is 62.6 Å². The number of rotatable bonds is 7. The molecule has 0 saturated carbocycles. The Kier molecular flexibility index (Phi) is 8.62. The summed E-state index contributed by atoms with van der Waals surface area (Å²) >= 11 is 0. The molecule has 1 aromatic carbocycles. The van der Waals surface area contributed by atoms with Gasteiger partial charge in [0.1, 0.15) is 6.07 Å². The third-order valence-corrected chi connectivity index (χ3v) is 8.25. The van der Waals surface area contributed by atoms with E-state index in [1.54, 1.807) is 24.5 Å². The van der Waals surface area contributed by atoms with Gasteiger partial charge in [0.05, 0.1) is 34.5 Å². The van der Waals surface area contributed by atoms with Crippen molar-refractivity contribution in [1.29, 1.82) is 5.26 Å². The van der Waals surface area contributed by atoms with E-state index in [0.717, 1.165) is 23.3 Å². The summed E-state index contributed by atoms with van der Waals surface area (Å²) < 4.78 is 45.5. The summed E-state index contributed by atoms with van der Waals surface area (Å²) in [6.45, 7) is 3.33. The van der Waals surface area contributed by atoms with Crippen LogP contribution in [0, 0.1) is 11.3 Å². The highest BCUT2D eigenvalue weighted by atomic mass is 19.4. The number of carbonyl (C=O) groups is 2. The minimum atomic E-state index is -4.58. The van der Waals surface area contributed by atoms with Crippen LogP contribution in [0.3, 0.4) is 0 Å². The van der Waals surface area contributed by atoms with Crippen LogP contribution in [0.5, 0.6) is 5.88 Å². The maximum Gasteiger partial charge on any atom is 0.416 e. The largest absolute Gasteiger partial charge is 0.478 e. The Bertz CT molecular complexity index is 1570. The SMILES string of the molecule is CCOc1ncccc1-c1ccc(C2(C(=O)N[C@@H]3CCN(C(=O)O)C3)CCN(c3ccc(C(F)(F)F)cc3C#N)CC2)nc1. The number of ether oxygens (including phenoxy) is 1. The summed E-state index contributed by atoms with van der Waals surface area (Å²) in [7, 11) is 0. The van der Waals surface area contributed by atoms with Gasteiger partial charge >= 0.3 is 12.3 Å². The van der Waals surface area contributed by atoms with Gasteiger partial charge in [-0.25, -0.2) is 9.78 Å². The highest BCUT2D eigenvalue weighted by molar-refractivity contribution is 5.89. The first kappa shape index (κ1) is 30.6. The fourth-order valence-corrected chi connectivity index (χ4v) is 5.88. The molecule has 2 fully saturated rings. The number of anilines is 1. The number of amides is 2. The lowest BCUT2D eigenvalue weighted by Crippen LogP contribution is -2.54. The molecule has 2 saturated heterocycles. The summed E-state index contributed by atoms with van der Waals surface area (Å²) in [5.41, 5.74) is 0.276. The number of carboxylic acid groups (broad SMARTS) is 1. The molecule has 2 amide bonds. The molecule has 44 heavy (non-hydrogen) atoms. The van der Waals surface area contributed by atoms with Gasteiger partial charge in [-0.15, -0.1) is 0 Å². The second-order valence-electron chi connectivity index (χ2n) is 10.8. The highest BCUT2D eigenvalue weighted by Crippen LogP contribution is 2.40. The lowest BCUT2D eigenvalue weighted by molar-refractivity contribution is -0.137. The Balaban J connectivity index is 1.44. The predicted octanol–water partition coefficient (Wildman–Crippen LogP) is 4.84. The number of nitrogens with zero attached hydrogens (tertiary/aromatic N) is 5. The van der Waals surface area contributed by atoms with E-state index in [1.165, 1.54) is 11.0 Å². The van der Waals surface area contributed by atoms with E-state index in [0.29, 0.717) is 36.8 Å². The monoisotopic (exact) mass is 608 g/mol. The first-order valence-electron chi connectivity index (χ1n) is 14.3. The first-order valence-corrected chi connectivity index (χ1v) is 14.3. The number of piperidine rings is 1. The van der Waals surface area contributed by atoms with Gasteiger partial charge in [-0.2, -0.15) is 18.4 Å². The fourth-order valence-electron chi connectivity index (χ4n) is 5.88. The number of alkyl halides is 3. The zero-order valence-corrected chi connectivity index (χ0v) is 24.0. The number of aromatic nitrogens is 2. The van der Waals surface area contributed by atoms with Gasteiger partial charge in [0.2, 0.25) is 11.8 Å². The standard InChI is InChI=1S/C31H31F3N6O4/c1-2-44-27-24(4-3-12-36-27)20-5-8-26(37-18-20)30(28(41)38-23-9-13-40(19-23)29(42)43)10-14-39(15-11-30)25-7-6-22(31(32,33)34)16-21(25)17-35/h3-8,12,16,18,23H,2,9-11,13-15,19H2,1H3,(H,38,41)(H,42,43)/t23-/m1/s1.